The molecule has 0 aliphatic heterocycles. The van der Waals surface area contributed by atoms with Crippen molar-refractivity contribution in [3.8, 4) is 0 Å². The van der Waals surface area contributed by atoms with E-state index in [0.29, 0.717) is 5.95 Å². The number of nitrogen functional groups attached to an aromatic ring is 2. The van der Waals surface area contributed by atoms with E-state index in [9.17, 15) is 0 Å². The van der Waals surface area contributed by atoms with Gasteiger partial charge in [-0.1, -0.05) is 0 Å². The molecule has 6 nitrogen and oxygen atoms in total. The zero-order chi connectivity index (χ0) is 8.43. The molecule has 0 saturated carbocycles. The molecule has 0 fully saturated rings. The summed E-state index contributed by atoms with van der Waals surface area (Å²) in [6, 6.07) is 0. The molecule has 0 atom stereocenters. The molecule has 68 valence electrons. The minimum atomic E-state index is 0. The Morgan fingerprint density at radius 3 is 1.75 bits per heavy atom. The second-order valence-electron chi connectivity index (χ2n) is 2.25. The van der Waals surface area contributed by atoms with Crippen LogP contribution in [0.2, 0.25) is 0 Å². The van der Waals surface area contributed by atoms with E-state index >= 15 is 0 Å². The highest BCUT2D eigenvalue weighted by atomic mass is 35.5. The van der Waals surface area contributed by atoms with Crippen LogP contribution in [0.4, 0.5) is 17.8 Å². The molecule has 7 heteroatoms. The number of rotatable bonds is 1. The van der Waals surface area contributed by atoms with Gasteiger partial charge in [0.1, 0.15) is 0 Å². The quantitative estimate of drug-likeness (QED) is 0.622. The first-order valence-electron chi connectivity index (χ1n) is 3.04. The van der Waals surface area contributed by atoms with Crippen molar-refractivity contribution < 1.29 is 0 Å². The van der Waals surface area contributed by atoms with Crippen molar-refractivity contribution in [2.45, 2.75) is 0 Å². The van der Waals surface area contributed by atoms with Crippen molar-refractivity contribution in [1.82, 2.24) is 15.0 Å². The van der Waals surface area contributed by atoms with Crippen LogP contribution in [0.15, 0.2) is 0 Å². The molecule has 1 heterocycles. The molecular formula is C5H11ClN6. The van der Waals surface area contributed by atoms with Crippen molar-refractivity contribution in [2.75, 3.05) is 30.5 Å². The summed E-state index contributed by atoms with van der Waals surface area (Å²) in [6.45, 7) is 0. The largest absolute Gasteiger partial charge is 0.368 e. The van der Waals surface area contributed by atoms with Gasteiger partial charge >= 0.3 is 0 Å². The topological polar surface area (TPSA) is 94.0 Å². The molecule has 1 aromatic rings. The van der Waals surface area contributed by atoms with E-state index in [1.807, 2.05) is 0 Å². The first kappa shape index (κ1) is 10.7. The molecule has 0 unspecified atom stereocenters. The Balaban J connectivity index is 0.00000121. The van der Waals surface area contributed by atoms with Crippen molar-refractivity contribution in [3.05, 3.63) is 0 Å². The molecule has 0 aromatic carbocycles. The minimum absolute atomic E-state index is 0. The number of anilines is 3. The van der Waals surface area contributed by atoms with Gasteiger partial charge in [-0.2, -0.15) is 15.0 Å². The standard InChI is InChI=1S/C5H10N6.ClH/c1-11(2)5-9-3(6)8-4(7)10-5;/h1-2H3,(H4,6,7,8,9,10);1H. The van der Waals surface area contributed by atoms with Gasteiger partial charge in [-0.3, -0.25) is 0 Å². The molecule has 0 spiro atoms. The van der Waals surface area contributed by atoms with Crippen LogP contribution in [0.5, 0.6) is 0 Å². The van der Waals surface area contributed by atoms with Gasteiger partial charge in [-0.05, 0) is 0 Å². The lowest BCUT2D eigenvalue weighted by Crippen LogP contribution is -2.15. The Morgan fingerprint density at radius 1 is 1.00 bits per heavy atom. The van der Waals surface area contributed by atoms with Crippen LogP contribution in [0.25, 0.3) is 0 Å². The molecular weight excluding hydrogens is 180 g/mol. The summed E-state index contributed by atoms with van der Waals surface area (Å²) in [4.78, 5) is 13.0. The van der Waals surface area contributed by atoms with Crippen molar-refractivity contribution >= 4 is 30.3 Å². The maximum absolute atomic E-state index is 5.33. The highest BCUT2D eigenvalue weighted by Crippen LogP contribution is 2.05. The van der Waals surface area contributed by atoms with Crippen LogP contribution in [0.1, 0.15) is 0 Å². The van der Waals surface area contributed by atoms with Gasteiger partial charge in [0, 0.05) is 14.1 Å². The Hall–Kier alpha value is -1.30. The predicted molar refractivity (Wildman–Crippen MR) is 50.2 cm³/mol. The highest BCUT2D eigenvalue weighted by molar-refractivity contribution is 5.85. The lowest BCUT2D eigenvalue weighted by molar-refractivity contribution is 0.973. The lowest BCUT2D eigenvalue weighted by Gasteiger charge is -2.09. The third-order valence-corrected chi connectivity index (χ3v) is 1.06. The Kier molecular flexibility index (Phi) is 3.49. The van der Waals surface area contributed by atoms with E-state index in [2.05, 4.69) is 15.0 Å². The number of nitrogens with two attached hydrogens (primary N) is 2. The molecule has 0 aliphatic carbocycles. The number of aromatic nitrogens is 3. The number of hydrogen-bond donors (Lipinski definition) is 2. The van der Waals surface area contributed by atoms with Gasteiger partial charge in [0.25, 0.3) is 0 Å². The summed E-state index contributed by atoms with van der Waals surface area (Å²) in [6.07, 6.45) is 0. The van der Waals surface area contributed by atoms with Crippen molar-refractivity contribution in [1.29, 1.82) is 0 Å². The summed E-state index contributed by atoms with van der Waals surface area (Å²) in [5, 5.41) is 0. The van der Waals surface area contributed by atoms with E-state index < -0.39 is 0 Å². The number of halogens is 1. The maximum Gasteiger partial charge on any atom is 0.231 e. The SMILES string of the molecule is CN(C)c1nc(N)nc(N)n1.Cl. The van der Waals surface area contributed by atoms with Gasteiger partial charge in [0.2, 0.25) is 17.8 Å². The monoisotopic (exact) mass is 190 g/mol. The minimum Gasteiger partial charge on any atom is -0.368 e. The fourth-order valence-electron chi connectivity index (χ4n) is 0.597. The molecule has 0 bridgehead atoms. The fraction of sp³-hybridized carbons (Fsp3) is 0.400. The lowest BCUT2D eigenvalue weighted by atomic mass is 10.8. The summed E-state index contributed by atoms with van der Waals surface area (Å²) in [5.74, 6) is 0.748. The second-order valence-corrected chi connectivity index (χ2v) is 2.25. The summed E-state index contributed by atoms with van der Waals surface area (Å²) in [7, 11) is 3.60. The van der Waals surface area contributed by atoms with Gasteiger partial charge in [0.15, 0.2) is 0 Å². The molecule has 0 amide bonds. The normalized spacial score (nSPS) is 8.83. The zero-order valence-corrected chi connectivity index (χ0v) is 7.67. The summed E-state index contributed by atoms with van der Waals surface area (Å²) in [5.41, 5.74) is 10.7. The Bertz CT molecular complexity index is 242. The third kappa shape index (κ3) is 2.39. The van der Waals surface area contributed by atoms with Crippen LogP contribution < -0.4 is 16.4 Å². The number of nitrogens with zero attached hydrogens (tertiary/aromatic N) is 4. The van der Waals surface area contributed by atoms with Gasteiger partial charge < -0.3 is 16.4 Å². The Labute approximate surface area is 76.4 Å². The average molecular weight is 191 g/mol. The molecule has 4 N–H and O–H groups in total. The van der Waals surface area contributed by atoms with E-state index in [-0.39, 0.29) is 24.3 Å². The second kappa shape index (κ2) is 3.91. The molecule has 1 aromatic heterocycles. The summed E-state index contributed by atoms with van der Waals surface area (Å²) >= 11 is 0. The van der Waals surface area contributed by atoms with E-state index in [0.717, 1.165) is 0 Å². The van der Waals surface area contributed by atoms with Crippen LogP contribution in [0.3, 0.4) is 0 Å². The van der Waals surface area contributed by atoms with Crippen LogP contribution in [-0.2, 0) is 0 Å². The van der Waals surface area contributed by atoms with Crippen molar-refractivity contribution in [2.24, 2.45) is 0 Å². The molecule has 0 aliphatic rings. The predicted octanol–water partition coefficient (Wildman–Crippen LogP) is -0.476. The Morgan fingerprint density at radius 2 is 1.42 bits per heavy atom. The fourth-order valence-corrected chi connectivity index (χ4v) is 0.597. The molecule has 0 radical (unpaired) electrons. The molecule has 1 rings (SSSR count). The van der Waals surface area contributed by atoms with Gasteiger partial charge in [-0.25, -0.2) is 0 Å². The molecule has 0 saturated heterocycles. The average Bonchev–Trinajstić information content (AvgIpc) is 1.85. The van der Waals surface area contributed by atoms with Crippen LogP contribution in [0, 0.1) is 0 Å². The highest BCUT2D eigenvalue weighted by Gasteiger charge is 2.01. The maximum atomic E-state index is 5.33. The van der Waals surface area contributed by atoms with Gasteiger partial charge in [-0.15, -0.1) is 12.4 Å². The van der Waals surface area contributed by atoms with Crippen molar-refractivity contribution in [3.63, 3.8) is 0 Å². The van der Waals surface area contributed by atoms with Crippen LogP contribution >= 0.6 is 12.4 Å². The smallest absolute Gasteiger partial charge is 0.231 e. The van der Waals surface area contributed by atoms with E-state index in [4.69, 9.17) is 11.5 Å². The first-order valence-corrected chi connectivity index (χ1v) is 3.04. The number of hydrogen-bond acceptors (Lipinski definition) is 6. The summed E-state index contributed by atoms with van der Waals surface area (Å²) < 4.78 is 0. The van der Waals surface area contributed by atoms with E-state index in [1.165, 1.54) is 0 Å². The third-order valence-electron chi connectivity index (χ3n) is 1.06. The van der Waals surface area contributed by atoms with Crippen LogP contribution in [-0.4, -0.2) is 29.0 Å². The van der Waals surface area contributed by atoms with Gasteiger partial charge in [0.05, 0.1) is 0 Å². The zero-order valence-electron chi connectivity index (χ0n) is 6.85. The molecule has 12 heavy (non-hydrogen) atoms. The first-order chi connectivity index (χ1) is 5.09. The van der Waals surface area contributed by atoms with E-state index in [1.54, 1.807) is 19.0 Å².